The lowest BCUT2D eigenvalue weighted by molar-refractivity contribution is -0.128. The summed E-state index contributed by atoms with van der Waals surface area (Å²) in [6.45, 7) is 2.49. The number of amides is 3. The monoisotopic (exact) mass is 453 g/mol. The lowest BCUT2D eigenvalue weighted by Gasteiger charge is -2.33. The Morgan fingerprint density at radius 3 is 2.27 bits per heavy atom. The molecule has 8 heteroatoms. The average Bonchev–Trinajstić information content (AvgIpc) is 2.83. The van der Waals surface area contributed by atoms with Gasteiger partial charge in [-0.2, -0.15) is 0 Å². The van der Waals surface area contributed by atoms with Gasteiger partial charge in [-0.15, -0.1) is 0 Å². The summed E-state index contributed by atoms with van der Waals surface area (Å²) in [7, 11) is 3.16. The molecule has 2 N–H and O–H groups in total. The van der Waals surface area contributed by atoms with Crippen molar-refractivity contribution in [3.63, 3.8) is 0 Å². The van der Waals surface area contributed by atoms with E-state index in [0.29, 0.717) is 49.4 Å². The first kappa shape index (κ1) is 24.1. The van der Waals surface area contributed by atoms with Crippen LogP contribution in [-0.2, 0) is 16.0 Å². The summed E-state index contributed by atoms with van der Waals surface area (Å²) in [6, 6.07) is 13.7. The van der Waals surface area contributed by atoms with Crippen LogP contribution in [0.15, 0.2) is 48.5 Å². The first-order chi connectivity index (χ1) is 15.9. The molecule has 0 unspecified atom stereocenters. The number of nitrogens with one attached hydrogen (secondary N) is 2. The topological polar surface area (TPSA) is 97.0 Å². The van der Waals surface area contributed by atoms with Gasteiger partial charge < -0.3 is 25.0 Å². The summed E-state index contributed by atoms with van der Waals surface area (Å²) in [5.41, 5.74) is 1.45. The molecule has 1 aliphatic rings. The highest BCUT2D eigenvalue weighted by atomic mass is 16.5. The fraction of sp³-hybridized carbons (Fsp3) is 0.400. The number of carbonyl (C=O) groups is 3. The number of likely N-dealkylation sites (tertiary alicyclic amines) is 1. The van der Waals surface area contributed by atoms with Crippen molar-refractivity contribution in [1.29, 1.82) is 0 Å². The molecule has 0 spiro atoms. The van der Waals surface area contributed by atoms with Gasteiger partial charge in [0, 0.05) is 38.0 Å². The fourth-order valence-electron chi connectivity index (χ4n) is 3.99. The zero-order valence-corrected chi connectivity index (χ0v) is 19.3. The molecule has 0 aromatic heterocycles. The molecule has 2 aromatic rings. The van der Waals surface area contributed by atoms with E-state index in [1.807, 2.05) is 24.3 Å². The Morgan fingerprint density at radius 1 is 1.00 bits per heavy atom. The number of rotatable bonds is 8. The van der Waals surface area contributed by atoms with Gasteiger partial charge in [0.2, 0.25) is 11.8 Å². The number of para-hydroxylation sites is 1. The molecule has 1 atom stereocenters. The quantitative estimate of drug-likeness (QED) is 0.639. The molecule has 3 amide bonds. The van der Waals surface area contributed by atoms with Crippen LogP contribution in [0.25, 0.3) is 0 Å². The minimum Gasteiger partial charge on any atom is -0.497 e. The van der Waals surface area contributed by atoms with Gasteiger partial charge in [0.1, 0.15) is 17.5 Å². The molecule has 3 rings (SSSR count). The fourth-order valence-corrected chi connectivity index (χ4v) is 3.99. The van der Waals surface area contributed by atoms with Crippen LogP contribution in [0.5, 0.6) is 11.5 Å². The van der Waals surface area contributed by atoms with Gasteiger partial charge in [-0.1, -0.05) is 18.2 Å². The average molecular weight is 454 g/mol. The predicted octanol–water partition coefficient (Wildman–Crippen LogP) is 2.17. The third kappa shape index (κ3) is 6.47. The first-order valence-electron chi connectivity index (χ1n) is 11.0. The number of nitrogens with zero attached hydrogens (tertiary/aromatic N) is 1. The minimum absolute atomic E-state index is 0.0327. The summed E-state index contributed by atoms with van der Waals surface area (Å²) in [6.07, 6.45) is 1.62. The Kier molecular flexibility index (Phi) is 8.29. The maximum absolute atomic E-state index is 13.0. The summed E-state index contributed by atoms with van der Waals surface area (Å²) in [4.78, 5) is 39.3. The van der Waals surface area contributed by atoms with E-state index in [-0.39, 0.29) is 23.8 Å². The smallest absolute Gasteiger partial charge is 0.253 e. The van der Waals surface area contributed by atoms with Gasteiger partial charge >= 0.3 is 0 Å². The van der Waals surface area contributed by atoms with Crippen LogP contribution in [0.2, 0.25) is 0 Å². The maximum Gasteiger partial charge on any atom is 0.253 e. The largest absolute Gasteiger partial charge is 0.497 e. The van der Waals surface area contributed by atoms with Gasteiger partial charge in [-0.05, 0) is 48.7 Å². The van der Waals surface area contributed by atoms with Crippen LogP contribution in [0, 0.1) is 0 Å². The van der Waals surface area contributed by atoms with E-state index in [1.54, 1.807) is 43.4 Å². The summed E-state index contributed by atoms with van der Waals surface area (Å²) < 4.78 is 10.5. The SMILES string of the molecule is COc1ccc(C(=O)N2CCC(NC(=O)[C@@H](Cc3ccccc3OC)NC(C)=O)CC2)cc1. The van der Waals surface area contributed by atoms with Gasteiger partial charge in [0.25, 0.3) is 5.91 Å². The lowest BCUT2D eigenvalue weighted by Crippen LogP contribution is -2.53. The van der Waals surface area contributed by atoms with E-state index in [9.17, 15) is 14.4 Å². The predicted molar refractivity (Wildman–Crippen MR) is 124 cm³/mol. The Bertz CT molecular complexity index is 968. The molecular weight excluding hydrogens is 422 g/mol. The van der Waals surface area contributed by atoms with Crippen LogP contribution in [-0.4, -0.2) is 62.0 Å². The molecule has 33 heavy (non-hydrogen) atoms. The van der Waals surface area contributed by atoms with Crippen molar-refractivity contribution in [2.45, 2.75) is 38.3 Å². The Balaban J connectivity index is 1.57. The van der Waals surface area contributed by atoms with E-state index in [1.165, 1.54) is 6.92 Å². The number of hydrogen-bond acceptors (Lipinski definition) is 5. The molecule has 0 aliphatic carbocycles. The number of carbonyl (C=O) groups excluding carboxylic acids is 3. The first-order valence-corrected chi connectivity index (χ1v) is 11.0. The number of benzene rings is 2. The van der Waals surface area contributed by atoms with E-state index >= 15 is 0 Å². The Morgan fingerprint density at radius 2 is 1.67 bits per heavy atom. The van der Waals surface area contributed by atoms with E-state index < -0.39 is 6.04 Å². The van der Waals surface area contributed by atoms with Crippen molar-refractivity contribution in [2.24, 2.45) is 0 Å². The zero-order chi connectivity index (χ0) is 23.8. The second kappa shape index (κ2) is 11.4. The third-order valence-corrected chi connectivity index (χ3v) is 5.78. The zero-order valence-electron chi connectivity index (χ0n) is 19.3. The number of methoxy groups -OCH3 is 2. The minimum atomic E-state index is -0.710. The highest BCUT2D eigenvalue weighted by Gasteiger charge is 2.28. The standard InChI is InChI=1S/C25H31N3O5/c1-17(29)26-22(16-19-6-4-5-7-23(19)33-3)24(30)27-20-12-14-28(15-13-20)25(31)18-8-10-21(32-2)11-9-18/h4-11,20,22H,12-16H2,1-3H3,(H,26,29)(H,27,30)/t22-/m1/s1. The van der Waals surface area contributed by atoms with Crippen molar-refractivity contribution in [3.8, 4) is 11.5 Å². The summed E-state index contributed by atoms with van der Waals surface area (Å²) >= 11 is 0. The normalized spacial score (nSPS) is 14.8. The van der Waals surface area contributed by atoms with Crippen LogP contribution >= 0.6 is 0 Å². The second-order valence-electron chi connectivity index (χ2n) is 8.07. The molecule has 1 saturated heterocycles. The third-order valence-electron chi connectivity index (χ3n) is 5.78. The lowest BCUT2D eigenvalue weighted by atomic mass is 10.0. The van der Waals surface area contributed by atoms with E-state index in [4.69, 9.17) is 9.47 Å². The van der Waals surface area contributed by atoms with Gasteiger partial charge in [-0.25, -0.2) is 0 Å². The molecule has 0 saturated carbocycles. The molecule has 1 heterocycles. The molecule has 0 radical (unpaired) electrons. The van der Waals surface area contributed by atoms with Gasteiger partial charge in [0.15, 0.2) is 0 Å². The Hall–Kier alpha value is -3.55. The summed E-state index contributed by atoms with van der Waals surface area (Å²) in [5, 5.41) is 5.79. The van der Waals surface area contributed by atoms with Crippen molar-refractivity contribution in [1.82, 2.24) is 15.5 Å². The molecular formula is C25H31N3O5. The van der Waals surface area contributed by atoms with E-state index in [2.05, 4.69) is 10.6 Å². The molecule has 8 nitrogen and oxygen atoms in total. The van der Waals surface area contributed by atoms with Crippen molar-refractivity contribution in [3.05, 3.63) is 59.7 Å². The molecule has 1 fully saturated rings. The second-order valence-corrected chi connectivity index (χ2v) is 8.07. The Labute approximate surface area is 194 Å². The van der Waals surface area contributed by atoms with Crippen LogP contribution in [0.4, 0.5) is 0 Å². The van der Waals surface area contributed by atoms with Crippen molar-refractivity contribution >= 4 is 17.7 Å². The summed E-state index contributed by atoms with van der Waals surface area (Å²) in [5.74, 6) is 0.830. The van der Waals surface area contributed by atoms with Gasteiger partial charge in [0.05, 0.1) is 14.2 Å². The van der Waals surface area contributed by atoms with Crippen molar-refractivity contribution in [2.75, 3.05) is 27.3 Å². The van der Waals surface area contributed by atoms with Crippen LogP contribution in [0.1, 0.15) is 35.7 Å². The van der Waals surface area contributed by atoms with Crippen LogP contribution in [0.3, 0.4) is 0 Å². The maximum atomic E-state index is 13.0. The number of piperidine rings is 1. The van der Waals surface area contributed by atoms with E-state index in [0.717, 1.165) is 5.56 Å². The molecule has 1 aliphatic heterocycles. The van der Waals surface area contributed by atoms with Crippen LogP contribution < -0.4 is 20.1 Å². The number of ether oxygens (including phenoxy) is 2. The van der Waals surface area contributed by atoms with Gasteiger partial charge in [-0.3, -0.25) is 14.4 Å². The number of hydrogen-bond donors (Lipinski definition) is 2. The molecule has 0 bridgehead atoms. The molecule has 2 aromatic carbocycles. The van der Waals surface area contributed by atoms with Crippen molar-refractivity contribution < 1.29 is 23.9 Å². The highest BCUT2D eigenvalue weighted by molar-refractivity contribution is 5.94. The highest BCUT2D eigenvalue weighted by Crippen LogP contribution is 2.20. The molecule has 176 valence electrons.